The molecule has 0 aliphatic rings. The minimum atomic E-state index is -0.331. The largest absolute Gasteiger partial charge is 0.352 e. The second kappa shape index (κ2) is 7.40. The average Bonchev–Trinajstić information content (AvgIpc) is 2.99. The molecule has 0 unspecified atom stereocenters. The number of aromatic nitrogens is 2. The third-order valence-corrected chi connectivity index (χ3v) is 3.89. The second-order valence-corrected chi connectivity index (χ2v) is 5.72. The summed E-state index contributed by atoms with van der Waals surface area (Å²) < 4.78 is 18.4. The summed E-state index contributed by atoms with van der Waals surface area (Å²) in [6, 6.07) is 7.62. The van der Waals surface area contributed by atoms with E-state index in [1.54, 1.807) is 25.1 Å². The number of hydrogen-bond acceptors (Lipinski definition) is 5. The summed E-state index contributed by atoms with van der Waals surface area (Å²) in [6.45, 7) is 3.14. The number of rotatable bonds is 6. The monoisotopic (exact) mass is 342 g/mol. The number of halogens is 1. The molecule has 2 aromatic heterocycles. The van der Waals surface area contributed by atoms with Crippen molar-refractivity contribution in [3.05, 3.63) is 47.4 Å². The van der Waals surface area contributed by atoms with Crippen molar-refractivity contribution in [1.82, 2.24) is 20.8 Å². The first-order chi connectivity index (χ1) is 12.1. The Hall–Kier alpha value is -2.80. The Bertz CT molecular complexity index is 890. The van der Waals surface area contributed by atoms with Crippen LogP contribution in [0.4, 0.5) is 4.39 Å². The number of hydrogen-bond donors (Lipinski definition) is 2. The van der Waals surface area contributed by atoms with Gasteiger partial charge in [-0.25, -0.2) is 9.37 Å². The molecular weight excluding hydrogens is 323 g/mol. The Kier molecular flexibility index (Phi) is 5.04. The van der Waals surface area contributed by atoms with E-state index >= 15 is 0 Å². The predicted octanol–water partition coefficient (Wildman–Crippen LogP) is 2.68. The quantitative estimate of drug-likeness (QED) is 0.673. The van der Waals surface area contributed by atoms with E-state index < -0.39 is 0 Å². The molecule has 0 radical (unpaired) electrons. The van der Waals surface area contributed by atoms with Gasteiger partial charge in [0.1, 0.15) is 5.82 Å². The predicted molar refractivity (Wildman–Crippen MR) is 92.8 cm³/mol. The summed E-state index contributed by atoms with van der Waals surface area (Å²) in [6.07, 6.45) is 0.823. The number of amides is 1. The lowest BCUT2D eigenvalue weighted by atomic mass is 10.0. The van der Waals surface area contributed by atoms with Crippen molar-refractivity contribution in [3.63, 3.8) is 0 Å². The lowest BCUT2D eigenvalue weighted by molar-refractivity contribution is 0.0955. The third-order valence-electron chi connectivity index (χ3n) is 3.89. The molecule has 0 aliphatic carbocycles. The molecule has 130 valence electrons. The molecule has 6 nitrogen and oxygen atoms in total. The number of benzene rings is 1. The van der Waals surface area contributed by atoms with Crippen LogP contribution >= 0.6 is 0 Å². The summed E-state index contributed by atoms with van der Waals surface area (Å²) in [7, 11) is 1.86. The zero-order valence-electron chi connectivity index (χ0n) is 14.1. The maximum absolute atomic E-state index is 13.2. The number of pyridine rings is 1. The first-order valence-corrected chi connectivity index (χ1v) is 8.06. The molecule has 0 bridgehead atoms. The fraction of sp³-hybridized carbons (Fsp3) is 0.278. The highest BCUT2D eigenvalue weighted by Gasteiger charge is 2.19. The molecule has 3 aromatic rings. The SMILES string of the molecule is CNCCCNC(=O)c1cc(-c2ccc(F)cc2)nc2onc(C)c12. The number of fused-ring (bicyclic) bond motifs is 1. The van der Waals surface area contributed by atoms with Gasteiger partial charge in [0.05, 0.1) is 22.3 Å². The van der Waals surface area contributed by atoms with Gasteiger partial charge >= 0.3 is 0 Å². The Balaban J connectivity index is 1.98. The lowest BCUT2D eigenvalue weighted by Crippen LogP contribution is -2.27. The molecule has 2 N–H and O–H groups in total. The zero-order chi connectivity index (χ0) is 17.8. The first kappa shape index (κ1) is 17.0. The molecule has 2 heterocycles. The van der Waals surface area contributed by atoms with Gasteiger partial charge in [-0.3, -0.25) is 4.79 Å². The maximum Gasteiger partial charge on any atom is 0.259 e. The van der Waals surface area contributed by atoms with Crippen molar-refractivity contribution in [3.8, 4) is 11.3 Å². The second-order valence-electron chi connectivity index (χ2n) is 5.72. The van der Waals surface area contributed by atoms with Gasteiger partial charge in [0, 0.05) is 12.1 Å². The van der Waals surface area contributed by atoms with Crippen LogP contribution in [0.1, 0.15) is 22.5 Å². The van der Waals surface area contributed by atoms with Crippen molar-refractivity contribution in [2.45, 2.75) is 13.3 Å². The highest BCUT2D eigenvalue weighted by Crippen LogP contribution is 2.27. The minimum absolute atomic E-state index is 0.210. The van der Waals surface area contributed by atoms with E-state index in [0.717, 1.165) is 13.0 Å². The van der Waals surface area contributed by atoms with Crippen molar-refractivity contribution in [2.75, 3.05) is 20.1 Å². The van der Waals surface area contributed by atoms with Crippen LogP contribution in [0.3, 0.4) is 0 Å². The molecule has 25 heavy (non-hydrogen) atoms. The summed E-state index contributed by atoms with van der Waals surface area (Å²) in [5.41, 5.74) is 2.58. The van der Waals surface area contributed by atoms with E-state index in [1.807, 2.05) is 7.05 Å². The Labute approximate surface area is 144 Å². The van der Waals surface area contributed by atoms with Crippen LogP contribution in [0.15, 0.2) is 34.9 Å². The molecule has 0 saturated carbocycles. The third kappa shape index (κ3) is 3.66. The van der Waals surface area contributed by atoms with Crippen LogP contribution in [0.2, 0.25) is 0 Å². The normalized spacial score (nSPS) is 11.0. The standard InChI is InChI=1S/C18H19FN4O2/c1-11-16-14(17(24)21-9-3-8-20-2)10-15(22-18(16)25-23-11)12-4-6-13(19)7-5-12/h4-7,10,20H,3,8-9H2,1-2H3,(H,21,24). The highest BCUT2D eigenvalue weighted by atomic mass is 19.1. The van der Waals surface area contributed by atoms with E-state index in [2.05, 4.69) is 20.8 Å². The molecule has 3 rings (SSSR count). The minimum Gasteiger partial charge on any atom is -0.352 e. The van der Waals surface area contributed by atoms with E-state index in [0.29, 0.717) is 40.2 Å². The summed E-state index contributed by atoms with van der Waals surface area (Å²) in [5, 5.41) is 10.4. The lowest BCUT2D eigenvalue weighted by Gasteiger charge is -2.08. The molecule has 1 amide bonds. The van der Waals surface area contributed by atoms with Crippen LogP contribution in [0.25, 0.3) is 22.4 Å². The van der Waals surface area contributed by atoms with Crippen LogP contribution in [-0.2, 0) is 0 Å². The van der Waals surface area contributed by atoms with Crippen molar-refractivity contribution in [2.24, 2.45) is 0 Å². The van der Waals surface area contributed by atoms with Crippen molar-refractivity contribution < 1.29 is 13.7 Å². The van der Waals surface area contributed by atoms with Crippen LogP contribution in [0.5, 0.6) is 0 Å². The highest BCUT2D eigenvalue weighted by molar-refractivity contribution is 6.06. The average molecular weight is 342 g/mol. The van der Waals surface area contributed by atoms with Crippen LogP contribution in [-0.4, -0.2) is 36.2 Å². The Morgan fingerprint density at radius 1 is 1.24 bits per heavy atom. The van der Waals surface area contributed by atoms with Gasteiger partial charge in [-0.2, -0.15) is 0 Å². The number of nitrogens with zero attached hydrogens (tertiary/aromatic N) is 2. The zero-order valence-corrected chi connectivity index (χ0v) is 14.1. The number of nitrogens with one attached hydrogen (secondary N) is 2. The number of carbonyl (C=O) groups excluding carboxylic acids is 1. The van der Waals surface area contributed by atoms with Gasteiger partial charge in [0.25, 0.3) is 11.6 Å². The van der Waals surface area contributed by atoms with Crippen molar-refractivity contribution in [1.29, 1.82) is 0 Å². The van der Waals surface area contributed by atoms with Gasteiger partial charge in [-0.1, -0.05) is 5.16 Å². The van der Waals surface area contributed by atoms with E-state index in [1.165, 1.54) is 12.1 Å². The van der Waals surface area contributed by atoms with E-state index in [4.69, 9.17) is 4.52 Å². The fourth-order valence-corrected chi connectivity index (χ4v) is 2.60. The number of carbonyl (C=O) groups is 1. The van der Waals surface area contributed by atoms with Crippen molar-refractivity contribution >= 4 is 17.0 Å². The summed E-state index contributed by atoms with van der Waals surface area (Å²) >= 11 is 0. The van der Waals surface area contributed by atoms with Gasteiger partial charge < -0.3 is 15.2 Å². The topological polar surface area (TPSA) is 80.0 Å². The van der Waals surface area contributed by atoms with Gasteiger partial charge in [0.15, 0.2) is 0 Å². The molecule has 0 saturated heterocycles. The molecule has 0 fully saturated rings. The molecule has 1 aromatic carbocycles. The Morgan fingerprint density at radius 2 is 2.00 bits per heavy atom. The number of aryl methyl sites for hydroxylation is 1. The molecule has 0 atom stereocenters. The smallest absolute Gasteiger partial charge is 0.259 e. The maximum atomic E-state index is 13.2. The van der Waals surface area contributed by atoms with E-state index in [-0.39, 0.29) is 11.7 Å². The van der Waals surface area contributed by atoms with Gasteiger partial charge in [0.2, 0.25) is 0 Å². The van der Waals surface area contributed by atoms with Gasteiger partial charge in [-0.05, 0) is 57.3 Å². The van der Waals surface area contributed by atoms with Crippen LogP contribution < -0.4 is 10.6 Å². The Morgan fingerprint density at radius 3 is 2.72 bits per heavy atom. The first-order valence-electron chi connectivity index (χ1n) is 8.06. The summed E-state index contributed by atoms with van der Waals surface area (Å²) in [5.74, 6) is -0.541. The molecule has 7 heteroatoms. The fourth-order valence-electron chi connectivity index (χ4n) is 2.60. The molecule has 0 spiro atoms. The molecular formula is C18H19FN4O2. The molecule has 0 aliphatic heterocycles. The summed E-state index contributed by atoms with van der Waals surface area (Å²) in [4.78, 5) is 17.0. The van der Waals surface area contributed by atoms with Gasteiger partial charge in [-0.15, -0.1) is 0 Å². The van der Waals surface area contributed by atoms with E-state index in [9.17, 15) is 9.18 Å². The van der Waals surface area contributed by atoms with Crippen LogP contribution in [0, 0.1) is 12.7 Å².